The zero-order valence-corrected chi connectivity index (χ0v) is 28.4. The first kappa shape index (κ1) is 28.4. The average molecular weight is 667 g/mol. The summed E-state index contributed by atoms with van der Waals surface area (Å²) >= 11 is 1.87. The molecule has 0 saturated carbocycles. The second-order valence-electron chi connectivity index (χ2n) is 13.3. The number of benzene rings is 8. The lowest BCUT2D eigenvalue weighted by Gasteiger charge is -2.11. The predicted octanol–water partition coefficient (Wildman–Crippen LogP) is 13.6. The van der Waals surface area contributed by atoms with Crippen molar-refractivity contribution in [2.75, 3.05) is 0 Å². The van der Waals surface area contributed by atoms with Crippen LogP contribution in [-0.2, 0) is 0 Å². The fourth-order valence-corrected chi connectivity index (χ4v) is 9.30. The summed E-state index contributed by atoms with van der Waals surface area (Å²) in [6.45, 7) is 0. The average Bonchev–Trinajstić information content (AvgIpc) is 3.86. The van der Waals surface area contributed by atoms with Gasteiger partial charge in [-0.05, 0) is 82.9 Å². The van der Waals surface area contributed by atoms with E-state index in [9.17, 15) is 0 Å². The monoisotopic (exact) mass is 666 g/mol. The molecule has 0 radical (unpaired) electrons. The van der Waals surface area contributed by atoms with Gasteiger partial charge in [0.05, 0.1) is 22.1 Å². The van der Waals surface area contributed by atoms with Crippen LogP contribution in [0.2, 0.25) is 0 Å². The topological polar surface area (TPSA) is 9.86 Å². The fraction of sp³-hybridized carbons (Fsp3) is 0. The molecule has 0 unspecified atom stereocenters. The number of nitrogens with zero attached hydrogens (tertiary/aromatic N) is 2. The van der Waals surface area contributed by atoms with Crippen LogP contribution in [-0.4, -0.2) is 9.13 Å². The summed E-state index contributed by atoms with van der Waals surface area (Å²) in [5.74, 6) is 0. The van der Waals surface area contributed by atoms with E-state index in [2.05, 4.69) is 191 Å². The Balaban J connectivity index is 1.09. The zero-order valence-electron chi connectivity index (χ0n) is 27.6. The van der Waals surface area contributed by atoms with Crippen molar-refractivity contribution in [3.63, 3.8) is 0 Å². The van der Waals surface area contributed by atoms with Gasteiger partial charge in [0, 0.05) is 53.1 Å². The molecule has 2 nitrogen and oxygen atoms in total. The molecule has 0 fully saturated rings. The van der Waals surface area contributed by atoms with Gasteiger partial charge in [-0.2, -0.15) is 0 Å². The quantitative estimate of drug-likeness (QED) is 0.177. The summed E-state index contributed by atoms with van der Waals surface area (Å²) in [5, 5.41) is 7.75. The van der Waals surface area contributed by atoms with Crippen molar-refractivity contribution in [1.82, 2.24) is 9.13 Å². The van der Waals surface area contributed by atoms with Crippen LogP contribution in [0.25, 0.3) is 97.4 Å². The van der Waals surface area contributed by atoms with Gasteiger partial charge in [-0.3, -0.25) is 0 Å². The summed E-state index contributed by atoms with van der Waals surface area (Å²) in [6.07, 6.45) is 0. The van der Waals surface area contributed by atoms with Gasteiger partial charge in [-0.25, -0.2) is 0 Å². The number of rotatable bonds is 4. The first-order chi connectivity index (χ1) is 25.3. The van der Waals surface area contributed by atoms with E-state index in [1.165, 1.54) is 91.7 Å². The van der Waals surface area contributed by atoms with Gasteiger partial charge in [-0.1, -0.05) is 121 Å². The zero-order chi connectivity index (χ0) is 33.5. The Kier molecular flexibility index (Phi) is 6.16. The molecule has 11 rings (SSSR count). The fourth-order valence-electron chi connectivity index (χ4n) is 8.22. The van der Waals surface area contributed by atoms with Gasteiger partial charge < -0.3 is 9.13 Å². The van der Waals surface area contributed by atoms with Crippen LogP contribution >= 0.6 is 11.3 Å². The van der Waals surface area contributed by atoms with Crippen molar-refractivity contribution >= 4 is 75.1 Å². The SMILES string of the molecule is c1ccc(-c2ccc(-c3ccc(-n4c5ccccc5c5c6c7ccccc7n(-c7ccc8sc9ccccc9c8c7)c6ccc54)cc3)cc2)cc1. The molecule has 0 N–H and O–H groups in total. The second-order valence-corrected chi connectivity index (χ2v) is 14.4. The van der Waals surface area contributed by atoms with Gasteiger partial charge in [0.25, 0.3) is 0 Å². The van der Waals surface area contributed by atoms with E-state index in [1.54, 1.807) is 0 Å². The lowest BCUT2D eigenvalue weighted by molar-refractivity contribution is 1.17. The highest BCUT2D eigenvalue weighted by Gasteiger charge is 2.21. The van der Waals surface area contributed by atoms with Crippen LogP contribution in [0, 0.1) is 0 Å². The van der Waals surface area contributed by atoms with Crippen LogP contribution in [0.15, 0.2) is 182 Å². The minimum atomic E-state index is 1.16. The van der Waals surface area contributed by atoms with Gasteiger partial charge in [0.2, 0.25) is 0 Å². The molecule has 51 heavy (non-hydrogen) atoms. The van der Waals surface area contributed by atoms with E-state index >= 15 is 0 Å². The standard InChI is InChI=1S/C48H30N2S/c1-2-10-31(11-3-1)32-18-20-33(21-19-32)34-22-24-35(25-23-34)49-41-15-7-4-13-38(41)47-43(49)27-28-44-48(47)39-14-5-8-16-42(39)50(44)36-26-29-46-40(30-36)37-12-6-9-17-45(37)51-46/h1-30H. The molecular formula is C48H30N2S. The van der Waals surface area contributed by atoms with Crippen molar-refractivity contribution in [3.05, 3.63) is 182 Å². The Labute approximate surface area is 298 Å². The summed E-state index contributed by atoms with van der Waals surface area (Å²) in [4.78, 5) is 0. The summed E-state index contributed by atoms with van der Waals surface area (Å²) in [7, 11) is 0. The molecule has 3 heterocycles. The van der Waals surface area contributed by atoms with E-state index < -0.39 is 0 Å². The number of hydrogen-bond acceptors (Lipinski definition) is 1. The van der Waals surface area contributed by atoms with Crippen molar-refractivity contribution in [2.24, 2.45) is 0 Å². The Morgan fingerprint density at radius 1 is 0.294 bits per heavy atom. The van der Waals surface area contributed by atoms with Crippen molar-refractivity contribution in [3.8, 4) is 33.6 Å². The molecule has 0 aliphatic heterocycles. The number of fused-ring (bicyclic) bond motifs is 10. The van der Waals surface area contributed by atoms with Crippen LogP contribution < -0.4 is 0 Å². The molecule has 0 aliphatic rings. The van der Waals surface area contributed by atoms with Crippen molar-refractivity contribution in [1.29, 1.82) is 0 Å². The Bertz CT molecular complexity index is 3100. The number of aromatic nitrogens is 2. The van der Waals surface area contributed by atoms with Crippen LogP contribution in [0.5, 0.6) is 0 Å². The predicted molar refractivity (Wildman–Crippen MR) is 219 cm³/mol. The van der Waals surface area contributed by atoms with E-state index in [1.807, 2.05) is 11.3 Å². The summed E-state index contributed by atoms with van der Waals surface area (Å²) in [6, 6.07) is 66.6. The molecular weight excluding hydrogens is 637 g/mol. The maximum atomic E-state index is 2.46. The van der Waals surface area contributed by atoms with E-state index in [0.29, 0.717) is 0 Å². The molecule has 8 aromatic carbocycles. The Morgan fingerprint density at radius 2 is 0.745 bits per heavy atom. The number of hydrogen-bond donors (Lipinski definition) is 0. The highest BCUT2D eigenvalue weighted by Crippen LogP contribution is 2.43. The third kappa shape index (κ3) is 4.29. The number of para-hydroxylation sites is 2. The van der Waals surface area contributed by atoms with Crippen LogP contribution in [0.1, 0.15) is 0 Å². The third-order valence-electron chi connectivity index (χ3n) is 10.5. The Hall–Kier alpha value is -6.42. The first-order valence-electron chi connectivity index (χ1n) is 17.4. The third-order valence-corrected chi connectivity index (χ3v) is 11.7. The van der Waals surface area contributed by atoms with Crippen LogP contribution in [0.3, 0.4) is 0 Å². The molecule has 238 valence electrons. The maximum absolute atomic E-state index is 2.46. The summed E-state index contributed by atoms with van der Waals surface area (Å²) < 4.78 is 7.54. The van der Waals surface area contributed by atoms with Crippen molar-refractivity contribution in [2.45, 2.75) is 0 Å². The lowest BCUT2D eigenvalue weighted by Crippen LogP contribution is -1.95. The Morgan fingerprint density at radius 3 is 1.37 bits per heavy atom. The minimum absolute atomic E-state index is 1.16. The molecule has 0 aliphatic carbocycles. The first-order valence-corrected chi connectivity index (χ1v) is 18.3. The molecule has 3 aromatic heterocycles. The molecule has 0 spiro atoms. The lowest BCUT2D eigenvalue weighted by atomic mass is 10.0. The minimum Gasteiger partial charge on any atom is -0.309 e. The smallest absolute Gasteiger partial charge is 0.0548 e. The summed E-state index contributed by atoms with van der Waals surface area (Å²) in [5.41, 5.74) is 12.1. The maximum Gasteiger partial charge on any atom is 0.0548 e. The largest absolute Gasteiger partial charge is 0.309 e. The molecule has 11 aromatic rings. The van der Waals surface area contributed by atoms with Crippen molar-refractivity contribution < 1.29 is 0 Å². The molecule has 3 heteroatoms. The van der Waals surface area contributed by atoms with Crippen LogP contribution in [0.4, 0.5) is 0 Å². The number of thiophene rings is 1. The normalized spacial score (nSPS) is 11.9. The van der Waals surface area contributed by atoms with E-state index in [0.717, 1.165) is 5.69 Å². The molecule has 0 atom stereocenters. The molecule has 0 amide bonds. The van der Waals surface area contributed by atoms with Gasteiger partial charge >= 0.3 is 0 Å². The second kappa shape index (κ2) is 11.0. The highest BCUT2D eigenvalue weighted by atomic mass is 32.1. The van der Waals surface area contributed by atoms with Gasteiger partial charge in [-0.15, -0.1) is 11.3 Å². The highest BCUT2D eigenvalue weighted by molar-refractivity contribution is 7.25. The van der Waals surface area contributed by atoms with Gasteiger partial charge in [0.15, 0.2) is 0 Å². The molecule has 0 bridgehead atoms. The van der Waals surface area contributed by atoms with E-state index in [-0.39, 0.29) is 0 Å². The molecule has 0 saturated heterocycles. The van der Waals surface area contributed by atoms with Gasteiger partial charge in [0.1, 0.15) is 0 Å². The van der Waals surface area contributed by atoms with E-state index in [4.69, 9.17) is 0 Å².